The van der Waals surface area contributed by atoms with Crippen molar-refractivity contribution in [2.75, 3.05) is 6.54 Å². The molecule has 2 unspecified atom stereocenters. The van der Waals surface area contributed by atoms with E-state index in [9.17, 15) is 9.59 Å². The molecule has 0 bridgehead atoms. The summed E-state index contributed by atoms with van der Waals surface area (Å²) in [6, 6.07) is 9.75. The maximum atomic E-state index is 11.8. The van der Waals surface area contributed by atoms with Crippen molar-refractivity contribution in [2.24, 2.45) is 11.8 Å². The van der Waals surface area contributed by atoms with Crippen LogP contribution in [0.1, 0.15) is 18.4 Å². The fourth-order valence-corrected chi connectivity index (χ4v) is 2.52. The van der Waals surface area contributed by atoms with Gasteiger partial charge in [0.15, 0.2) is 0 Å². The molecule has 1 aliphatic rings. The fraction of sp³-hybridized carbons (Fsp3) is 0.385. The Morgan fingerprint density at radius 1 is 1.41 bits per heavy atom. The summed E-state index contributed by atoms with van der Waals surface area (Å²) in [5.41, 5.74) is 1.07. The third kappa shape index (κ3) is 2.34. The summed E-state index contributed by atoms with van der Waals surface area (Å²) in [6.07, 6.45) is 0. The van der Waals surface area contributed by atoms with Gasteiger partial charge in [-0.05, 0) is 17.2 Å². The summed E-state index contributed by atoms with van der Waals surface area (Å²) in [4.78, 5) is 23.0. The molecule has 17 heavy (non-hydrogen) atoms. The average molecular weight is 252 g/mol. The van der Waals surface area contributed by atoms with Crippen LogP contribution in [0.2, 0.25) is 0 Å². The molecule has 1 aliphatic heterocycles. The van der Waals surface area contributed by atoms with E-state index in [0.29, 0.717) is 6.54 Å². The molecule has 90 valence electrons. The van der Waals surface area contributed by atoms with Crippen molar-refractivity contribution in [3.63, 3.8) is 0 Å². The van der Waals surface area contributed by atoms with Crippen LogP contribution in [0.25, 0.3) is 0 Å². The molecule has 0 aliphatic carbocycles. The summed E-state index contributed by atoms with van der Waals surface area (Å²) >= 11 is 5.51. The molecule has 3 nitrogen and oxygen atoms in total. The topological polar surface area (TPSA) is 46.2 Å². The Kier molecular flexibility index (Phi) is 3.48. The summed E-state index contributed by atoms with van der Waals surface area (Å²) in [5, 5.41) is 2.35. The predicted molar refractivity (Wildman–Crippen MR) is 65.7 cm³/mol. The van der Waals surface area contributed by atoms with E-state index in [1.165, 1.54) is 0 Å². The van der Waals surface area contributed by atoms with Crippen molar-refractivity contribution >= 4 is 22.8 Å². The molecule has 4 heteroatoms. The second-order valence-corrected chi connectivity index (χ2v) is 4.75. The number of rotatable bonds is 3. The van der Waals surface area contributed by atoms with Crippen LogP contribution in [0.3, 0.4) is 0 Å². The van der Waals surface area contributed by atoms with Gasteiger partial charge < -0.3 is 5.32 Å². The molecular weight excluding hydrogens is 238 g/mol. The van der Waals surface area contributed by atoms with Gasteiger partial charge in [0, 0.05) is 18.4 Å². The average Bonchev–Trinajstić information content (AvgIpc) is 2.71. The van der Waals surface area contributed by atoms with Crippen molar-refractivity contribution in [1.29, 1.82) is 0 Å². The van der Waals surface area contributed by atoms with Crippen LogP contribution in [-0.2, 0) is 9.59 Å². The Labute approximate surface area is 105 Å². The first kappa shape index (κ1) is 12.1. The van der Waals surface area contributed by atoms with Crippen molar-refractivity contribution in [3.05, 3.63) is 35.9 Å². The Morgan fingerprint density at radius 2 is 2.06 bits per heavy atom. The molecule has 0 spiro atoms. The molecular formula is C13H14ClNO2. The zero-order chi connectivity index (χ0) is 12.4. The largest absolute Gasteiger partial charge is 0.355 e. The second kappa shape index (κ2) is 4.88. The van der Waals surface area contributed by atoms with E-state index in [1.54, 1.807) is 6.92 Å². The number of carbonyl (C=O) groups is 2. The molecule has 0 radical (unpaired) electrons. The van der Waals surface area contributed by atoms with Crippen molar-refractivity contribution in [2.45, 2.75) is 12.8 Å². The summed E-state index contributed by atoms with van der Waals surface area (Å²) in [7, 11) is 0. The van der Waals surface area contributed by atoms with Crippen molar-refractivity contribution in [3.8, 4) is 0 Å². The Hall–Kier alpha value is -1.35. The minimum atomic E-state index is -0.454. The fourth-order valence-electron chi connectivity index (χ4n) is 2.38. The van der Waals surface area contributed by atoms with Gasteiger partial charge in [0.1, 0.15) is 0 Å². The Bertz CT molecular complexity index is 432. The minimum Gasteiger partial charge on any atom is -0.355 e. The molecule has 1 aromatic carbocycles. The Balaban J connectivity index is 2.28. The molecule has 1 N–H and O–H groups in total. The Morgan fingerprint density at radius 3 is 2.65 bits per heavy atom. The van der Waals surface area contributed by atoms with Gasteiger partial charge in [-0.1, -0.05) is 37.3 Å². The van der Waals surface area contributed by atoms with Gasteiger partial charge in [-0.25, -0.2) is 0 Å². The lowest BCUT2D eigenvalue weighted by atomic mass is 9.81. The third-order valence-corrected chi connectivity index (χ3v) is 3.70. The molecule has 1 fully saturated rings. The maximum Gasteiger partial charge on any atom is 0.225 e. The number of nitrogens with one attached hydrogen (secondary N) is 1. The van der Waals surface area contributed by atoms with Gasteiger partial charge in [0.2, 0.25) is 11.1 Å². The van der Waals surface area contributed by atoms with E-state index in [-0.39, 0.29) is 17.7 Å². The van der Waals surface area contributed by atoms with E-state index in [2.05, 4.69) is 5.32 Å². The number of hydrogen-bond acceptors (Lipinski definition) is 2. The van der Waals surface area contributed by atoms with Gasteiger partial charge in [-0.2, -0.15) is 0 Å². The SMILES string of the molecule is CC(C(=O)Cl)C1C(=O)NC[C@@H]1c1ccccc1. The van der Waals surface area contributed by atoms with Crippen LogP contribution >= 0.6 is 11.6 Å². The van der Waals surface area contributed by atoms with Crippen LogP contribution in [0.4, 0.5) is 0 Å². The van der Waals surface area contributed by atoms with E-state index >= 15 is 0 Å². The van der Waals surface area contributed by atoms with E-state index in [0.717, 1.165) is 5.56 Å². The maximum absolute atomic E-state index is 11.8. The first-order valence-corrected chi connectivity index (χ1v) is 6.01. The van der Waals surface area contributed by atoms with Crippen LogP contribution in [0.5, 0.6) is 0 Å². The van der Waals surface area contributed by atoms with Gasteiger partial charge in [-0.3, -0.25) is 9.59 Å². The smallest absolute Gasteiger partial charge is 0.225 e. The highest BCUT2D eigenvalue weighted by atomic mass is 35.5. The van der Waals surface area contributed by atoms with Gasteiger partial charge in [0.05, 0.1) is 5.92 Å². The minimum absolute atomic E-state index is 0.0291. The molecule has 3 atom stereocenters. The van der Waals surface area contributed by atoms with Crippen molar-refractivity contribution in [1.82, 2.24) is 5.32 Å². The quantitative estimate of drug-likeness (QED) is 0.835. The zero-order valence-electron chi connectivity index (χ0n) is 9.52. The first-order valence-electron chi connectivity index (χ1n) is 5.63. The van der Waals surface area contributed by atoms with E-state index < -0.39 is 11.2 Å². The lowest BCUT2D eigenvalue weighted by Gasteiger charge is -2.20. The zero-order valence-corrected chi connectivity index (χ0v) is 10.3. The number of amides is 1. The van der Waals surface area contributed by atoms with E-state index in [1.807, 2.05) is 30.3 Å². The van der Waals surface area contributed by atoms with Crippen LogP contribution in [-0.4, -0.2) is 17.7 Å². The van der Waals surface area contributed by atoms with Gasteiger partial charge in [0.25, 0.3) is 0 Å². The number of carbonyl (C=O) groups excluding carboxylic acids is 2. The van der Waals surface area contributed by atoms with Crippen molar-refractivity contribution < 1.29 is 9.59 Å². The molecule has 2 rings (SSSR count). The summed E-state index contributed by atoms with van der Waals surface area (Å²) < 4.78 is 0. The standard InChI is InChI=1S/C13H14ClNO2/c1-8(12(14)16)11-10(7-15-13(11)17)9-5-3-2-4-6-9/h2-6,8,10-11H,7H2,1H3,(H,15,17)/t8?,10-,11?/m1/s1. The van der Waals surface area contributed by atoms with Gasteiger partial charge in [-0.15, -0.1) is 0 Å². The lowest BCUT2D eigenvalue weighted by molar-refractivity contribution is -0.128. The van der Waals surface area contributed by atoms with Crippen LogP contribution < -0.4 is 5.32 Å². The normalized spacial score (nSPS) is 25.4. The molecule has 0 saturated carbocycles. The number of hydrogen-bond donors (Lipinski definition) is 1. The molecule has 1 heterocycles. The summed E-state index contributed by atoms with van der Waals surface area (Å²) in [6.45, 7) is 2.28. The van der Waals surface area contributed by atoms with Crippen LogP contribution in [0.15, 0.2) is 30.3 Å². The van der Waals surface area contributed by atoms with E-state index in [4.69, 9.17) is 11.6 Å². The first-order chi connectivity index (χ1) is 8.11. The predicted octanol–water partition coefficient (Wildman–Crippen LogP) is 1.92. The lowest BCUT2D eigenvalue weighted by Crippen LogP contribution is -2.28. The highest BCUT2D eigenvalue weighted by Crippen LogP contribution is 2.34. The molecule has 1 amide bonds. The third-order valence-electron chi connectivity index (χ3n) is 3.36. The summed E-state index contributed by atoms with van der Waals surface area (Å²) in [5.74, 6) is -0.867. The number of benzene rings is 1. The highest BCUT2D eigenvalue weighted by molar-refractivity contribution is 6.64. The van der Waals surface area contributed by atoms with Crippen LogP contribution in [0, 0.1) is 11.8 Å². The number of halogens is 1. The molecule has 1 aromatic rings. The molecule has 0 aromatic heterocycles. The monoisotopic (exact) mass is 251 g/mol. The highest BCUT2D eigenvalue weighted by Gasteiger charge is 2.41. The molecule has 1 saturated heterocycles. The van der Waals surface area contributed by atoms with Gasteiger partial charge >= 0.3 is 0 Å². The second-order valence-electron chi connectivity index (χ2n) is 4.38.